The summed E-state index contributed by atoms with van der Waals surface area (Å²) in [6.07, 6.45) is -0.731. The fourth-order valence-corrected chi connectivity index (χ4v) is 1.71. The third-order valence-corrected chi connectivity index (χ3v) is 2.70. The van der Waals surface area contributed by atoms with Crippen LogP contribution in [0, 0.1) is 6.92 Å². The number of rotatable bonds is 3. The number of hydrogen-bond donors (Lipinski definition) is 1. The molecule has 0 aliphatic heterocycles. The lowest BCUT2D eigenvalue weighted by Gasteiger charge is -2.14. The zero-order chi connectivity index (χ0) is 9.14. The van der Waals surface area contributed by atoms with E-state index in [1.807, 2.05) is 19.9 Å². The molecule has 0 amide bonds. The Hall–Kier alpha value is -0.450. The highest BCUT2D eigenvalue weighted by Crippen LogP contribution is 2.22. The van der Waals surface area contributed by atoms with Crippen LogP contribution in [0.4, 0.5) is 0 Å². The van der Waals surface area contributed by atoms with E-state index in [2.05, 4.69) is 4.37 Å². The molecule has 1 aromatic heterocycles. The molecule has 0 aliphatic rings. The van der Waals surface area contributed by atoms with Crippen LogP contribution in [0.2, 0.25) is 0 Å². The van der Waals surface area contributed by atoms with E-state index in [0.29, 0.717) is 0 Å². The smallest absolute Gasteiger partial charge is 0.116 e. The predicted octanol–water partition coefficient (Wildman–Crippen LogP) is 1.52. The fourth-order valence-electron chi connectivity index (χ4n) is 0.883. The molecule has 1 heterocycles. The molecule has 1 N–H and O–H groups in total. The van der Waals surface area contributed by atoms with Gasteiger partial charge in [-0.2, -0.15) is 4.37 Å². The summed E-state index contributed by atoms with van der Waals surface area (Å²) in [6.45, 7) is 3.74. The maximum atomic E-state index is 9.65. The Labute approximate surface area is 76.2 Å². The van der Waals surface area contributed by atoms with Crippen molar-refractivity contribution in [1.82, 2.24) is 4.37 Å². The van der Waals surface area contributed by atoms with Crippen LogP contribution in [-0.4, -0.2) is 22.7 Å². The second-order valence-electron chi connectivity index (χ2n) is 2.76. The van der Waals surface area contributed by atoms with Crippen LogP contribution in [0.5, 0.6) is 0 Å². The van der Waals surface area contributed by atoms with Gasteiger partial charge in [-0.3, -0.25) is 0 Å². The standard InChI is InChI=1S/C8H13NO2S/c1-5-4-7(12-9-5)8(10)6(2)11-3/h4,6,8,10H,1-3H3. The zero-order valence-corrected chi connectivity index (χ0v) is 8.26. The lowest BCUT2D eigenvalue weighted by Crippen LogP contribution is -2.15. The quantitative estimate of drug-likeness (QED) is 0.780. The average molecular weight is 187 g/mol. The van der Waals surface area contributed by atoms with Gasteiger partial charge in [0.15, 0.2) is 0 Å². The van der Waals surface area contributed by atoms with E-state index < -0.39 is 6.10 Å². The fraction of sp³-hybridized carbons (Fsp3) is 0.625. The third kappa shape index (κ3) is 2.03. The summed E-state index contributed by atoms with van der Waals surface area (Å²) >= 11 is 1.32. The molecule has 0 saturated carbocycles. The molecule has 12 heavy (non-hydrogen) atoms. The molecule has 4 heteroatoms. The van der Waals surface area contributed by atoms with E-state index in [-0.39, 0.29) is 6.10 Å². The van der Waals surface area contributed by atoms with Gasteiger partial charge in [-0.05, 0) is 31.4 Å². The van der Waals surface area contributed by atoms with E-state index >= 15 is 0 Å². The monoisotopic (exact) mass is 187 g/mol. The third-order valence-electron chi connectivity index (χ3n) is 1.75. The minimum absolute atomic E-state index is 0.176. The topological polar surface area (TPSA) is 42.4 Å². The van der Waals surface area contributed by atoms with Crippen molar-refractivity contribution < 1.29 is 9.84 Å². The largest absolute Gasteiger partial charge is 0.385 e. The number of nitrogens with zero attached hydrogens (tertiary/aromatic N) is 1. The molecule has 68 valence electrons. The second kappa shape index (κ2) is 3.98. The van der Waals surface area contributed by atoms with E-state index in [1.54, 1.807) is 7.11 Å². The minimum Gasteiger partial charge on any atom is -0.385 e. The highest BCUT2D eigenvalue weighted by atomic mass is 32.1. The van der Waals surface area contributed by atoms with Crippen molar-refractivity contribution in [3.8, 4) is 0 Å². The van der Waals surface area contributed by atoms with Gasteiger partial charge < -0.3 is 9.84 Å². The first-order chi connectivity index (χ1) is 5.65. The van der Waals surface area contributed by atoms with E-state index in [0.717, 1.165) is 10.6 Å². The van der Waals surface area contributed by atoms with Gasteiger partial charge in [0.1, 0.15) is 6.10 Å². The van der Waals surface area contributed by atoms with E-state index in [1.165, 1.54) is 11.5 Å². The number of methoxy groups -OCH3 is 1. The molecule has 0 aromatic carbocycles. The number of aliphatic hydroxyl groups is 1. The molecule has 2 atom stereocenters. The molecule has 3 nitrogen and oxygen atoms in total. The van der Waals surface area contributed by atoms with Crippen molar-refractivity contribution in [2.75, 3.05) is 7.11 Å². The van der Waals surface area contributed by atoms with Crippen LogP contribution >= 0.6 is 11.5 Å². The number of hydrogen-bond acceptors (Lipinski definition) is 4. The Morgan fingerprint density at radius 1 is 1.67 bits per heavy atom. The predicted molar refractivity (Wildman–Crippen MR) is 48.3 cm³/mol. The highest BCUT2D eigenvalue weighted by molar-refractivity contribution is 7.05. The normalized spacial score (nSPS) is 16.0. The molecule has 2 unspecified atom stereocenters. The summed E-state index contributed by atoms with van der Waals surface area (Å²) < 4.78 is 9.09. The Bertz CT molecular complexity index is 249. The van der Waals surface area contributed by atoms with Gasteiger partial charge in [-0.1, -0.05) is 0 Å². The summed E-state index contributed by atoms with van der Waals surface area (Å²) in [5.41, 5.74) is 0.942. The number of aliphatic hydroxyl groups excluding tert-OH is 1. The molecule has 0 bridgehead atoms. The molecule has 0 aliphatic carbocycles. The minimum atomic E-state index is -0.554. The van der Waals surface area contributed by atoms with Crippen molar-refractivity contribution in [1.29, 1.82) is 0 Å². The Balaban J connectivity index is 2.70. The van der Waals surface area contributed by atoms with Crippen LogP contribution < -0.4 is 0 Å². The van der Waals surface area contributed by atoms with Gasteiger partial charge in [0, 0.05) is 7.11 Å². The number of ether oxygens (including phenoxy) is 1. The van der Waals surface area contributed by atoms with Gasteiger partial charge in [-0.15, -0.1) is 0 Å². The van der Waals surface area contributed by atoms with E-state index in [9.17, 15) is 5.11 Å². The van der Waals surface area contributed by atoms with E-state index in [4.69, 9.17) is 4.74 Å². The van der Waals surface area contributed by atoms with Crippen molar-refractivity contribution in [2.24, 2.45) is 0 Å². The maximum Gasteiger partial charge on any atom is 0.116 e. The molecule has 1 aromatic rings. The summed E-state index contributed by atoms with van der Waals surface area (Å²) in [4.78, 5) is 0.863. The van der Waals surface area contributed by atoms with Gasteiger partial charge in [0.25, 0.3) is 0 Å². The van der Waals surface area contributed by atoms with Crippen molar-refractivity contribution in [3.05, 3.63) is 16.6 Å². The number of aromatic nitrogens is 1. The Kier molecular flexibility index (Phi) is 3.20. The molecule has 0 spiro atoms. The van der Waals surface area contributed by atoms with Gasteiger partial charge >= 0.3 is 0 Å². The summed E-state index contributed by atoms with van der Waals surface area (Å²) in [5.74, 6) is 0. The van der Waals surface area contributed by atoms with Gasteiger partial charge in [-0.25, -0.2) is 0 Å². The first-order valence-corrected chi connectivity index (χ1v) is 4.56. The van der Waals surface area contributed by atoms with Crippen LogP contribution in [-0.2, 0) is 4.74 Å². The zero-order valence-electron chi connectivity index (χ0n) is 7.44. The SMILES string of the molecule is COC(C)C(O)c1cc(C)ns1. The molecule has 0 fully saturated rings. The average Bonchev–Trinajstić information content (AvgIpc) is 2.49. The van der Waals surface area contributed by atoms with Crippen LogP contribution in [0.1, 0.15) is 23.6 Å². The first-order valence-electron chi connectivity index (χ1n) is 3.79. The molecule has 1 rings (SSSR count). The summed E-state index contributed by atoms with van der Waals surface area (Å²) in [5, 5.41) is 9.65. The van der Waals surface area contributed by atoms with Crippen molar-refractivity contribution in [3.63, 3.8) is 0 Å². The van der Waals surface area contributed by atoms with Crippen molar-refractivity contribution in [2.45, 2.75) is 26.1 Å². The maximum absolute atomic E-state index is 9.65. The lowest BCUT2D eigenvalue weighted by atomic mass is 10.2. The van der Waals surface area contributed by atoms with Crippen LogP contribution in [0.3, 0.4) is 0 Å². The molecular formula is C8H13NO2S. The van der Waals surface area contributed by atoms with Gasteiger partial charge in [0.05, 0.1) is 16.7 Å². The van der Waals surface area contributed by atoms with Gasteiger partial charge in [0.2, 0.25) is 0 Å². The summed E-state index contributed by atoms with van der Waals surface area (Å²) in [6, 6.07) is 1.88. The highest BCUT2D eigenvalue weighted by Gasteiger charge is 2.17. The van der Waals surface area contributed by atoms with Crippen LogP contribution in [0.15, 0.2) is 6.07 Å². The Morgan fingerprint density at radius 3 is 2.75 bits per heavy atom. The second-order valence-corrected chi connectivity index (χ2v) is 3.59. The molecular weight excluding hydrogens is 174 g/mol. The van der Waals surface area contributed by atoms with Crippen molar-refractivity contribution >= 4 is 11.5 Å². The number of aryl methyl sites for hydroxylation is 1. The van der Waals surface area contributed by atoms with Crippen LogP contribution in [0.25, 0.3) is 0 Å². The Morgan fingerprint density at radius 2 is 2.33 bits per heavy atom. The summed E-state index contributed by atoms with van der Waals surface area (Å²) in [7, 11) is 1.59. The molecule has 0 saturated heterocycles. The lowest BCUT2D eigenvalue weighted by molar-refractivity contribution is 0.000411. The first kappa shape index (κ1) is 9.64. The molecule has 0 radical (unpaired) electrons.